The number of rotatable bonds is 4. The van der Waals surface area contributed by atoms with E-state index in [1.54, 1.807) is 13.2 Å². The van der Waals surface area contributed by atoms with Crippen molar-refractivity contribution in [3.63, 3.8) is 0 Å². The van der Waals surface area contributed by atoms with E-state index in [1.165, 1.54) is 12.1 Å². The largest absolute Gasteiger partial charge is 0.495 e. The molecule has 4 heteroatoms. The number of nitrogens with zero attached hydrogens (tertiary/aromatic N) is 2. The van der Waals surface area contributed by atoms with Gasteiger partial charge in [0.2, 0.25) is 0 Å². The van der Waals surface area contributed by atoms with Crippen LogP contribution in [0.5, 0.6) is 5.75 Å². The average molecular weight is 250 g/mol. The molecule has 1 unspecified atom stereocenters. The number of halogens is 1. The lowest BCUT2D eigenvalue weighted by atomic mass is 10.2. The lowest BCUT2D eigenvalue weighted by Gasteiger charge is -2.20. The second kappa shape index (κ2) is 4.98. The Morgan fingerprint density at radius 2 is 2.11 bits per heavy atom. The van der Waals surface area contributed by atoms with E-state index in [4.69, 9.17) is 4.74 Å². The summed E-state index contributed by atoms with van der Waals surface area (Å²) in [6.45, 7) is 3.00. The van der Waals surface area contributed by atoms with Crippen LogP contribution in [0.2, 0.25) is 0 Å². The molecule has 0 amide bonds. The second-order valence-corrected chi connectivity index (χ2v) is 4.82. The van der Waals surface area contributed by atoms with E-state index in [9.17, 15) is 4.39 Å². The first-order chi connectivity index (χ1) is 8.52. The Bertz CT molecular complexity index is 548. The van der Waals surface area contributed by atoms with E-state index >= 15 is 0 Å². The Kier molecular flexibility index (Phi) is 3.57. The maximum atomic E-state index is 13.3. The number of fused-ring (bicyclic) bond motifs is 1. The van der Waals surface area contributed by atoms with Gasteiger partial charge in [-0.3, -0.25) is 0 Å². The van der Waals surface area contributed by atoms with Crippen LogP contribution in [-0.2, 0) is 6.54 Å². The highest BCUT2D eigenvalue weighted by Gasteiger charge is 2.12. The summed E-state index contributed by atoms with van der Waals surface area (Å²) in [6, 6.07) is 5.20. The topological polar surface area (TPSA) is 17.4 Å². The lowest BCUT2D eigenvalue weighted by molar-refractivity contribution is 0.285. The number of aromatic nitrogens is 1. The van der Waals surface area contributed by atoms with Crippen molar-refractivity contribution in [3.8, 4) is 5.75 Å². The van der Waals surface area contributed by atoms with E-state index in [-0.39, 0.29) is 5.82 Å². The molecule has 3 nitrogen and oxygen atoms in total. The Labute approximate surface area is 107 Å². The molecular weight excluding hydrogens is 231 g/mol. The van der Waals surface area contributed by atoms with Crippen LogP contribution in [0.4, 0.5) is 4.39 Å². The monoisotopic (exact) mass is 250 g/mol. The molecule has 0 saturated carbocycles. The van der Waals surface area contributed by atoms with Gasteiger partial charge in [-0.15, -0.1) is 0 Å². The van der Waals surface area contributed by atoms with Gasteiger partial charge in [0, 0.05) is 24.2 Å². The van der Waals surface area contributed by atoms with Gasteiger partial charge in [0.05, 0.1) is 12.6 Å². The Morgan fingerprint density at radius 1 is 1.39 bits per heavy atom. The molecular formula is C14H19FN2O. The van der Waals surface area contributed by atoms with E-state index in [0.717, 1.165) is 23.2 Å². The summed E-state index contributed by atoms with van der Waals surface area (Å²) in [5.74, 6) is 0.481. The van der Waals surface area contributed by atoms with Gasteiger partial charge in [-0.1, -0.05) is 0 Å². The molecule has 98 valence electrons. The number of benzene rings is 1. The minimum absolute atomic E-state index is 0.237. The van der Waals surface area contributed by atoms with Crippen LogP contribution in [0.1, 0.15) is 6.92 Å². The smallest absolute Gasteiger partial charge is 0.144 e. The van der Waals surface area contributed by atoms with Gasteiger partial charge in [0.25, 0.3) is 0 Å². The van der Waals surface area contributed by atoms with Crippen LogP contribution in [0.25, 0.3) is 10.9 Å². The molecule has 0 radical (unpaired) electrons. The molecule has 2 aromatic rings. The average Bonchev–Trinajstić information content (AvgIpc) is 2.66. The molecule has 0 fully saturated rings. The zero-order valence-corrected chi connectivity index (χ0v) is 11.3. The molecule has 1 aromatic carbocycles. The highest BCUT2D eigenvalue weighted by atomic mass is 19.1. The fraction of sp³-hybridized carbons (Fsp3) is 0.429. The van der Waals surface area contributed by atoms with Crippen molar-refractivity contribution in [2.45, 2.75) is 19.5 Å². The van der Waals surface area contributed by atoms with Crippen LogP contribution in [0, 0.1) is 5.82 Å². The van der Waals surface area contributed by atoms with Gasteiger partial charge in [-0.25, -0.2) is 4.39 Å². The zero-order chi connectivity index (χ0) is 13.3. The first kappa shape index (κ1) is 12.9. The van der Waals surface area contributed by atoms with Crippen LogP contribution in [0.15, 0.2) is 24.4 Å². The van der Waals surface area contributed by atoms with Crippen molar-refractivity contribution in [2.75, 3.05) is 21.2 Å². The van der Waals surface area contributed by atoms with Crippen LogP contribution in [0.3, 0.4) is 0 Å². The molecule has 1 aromatic heterocycles. The third kappa shape index (κ3) is 2.34. The van der Waals surface area contributed by atoms with Crippen molar-refractivity contribution in [1.82, 2.24) is 9.47 Å². The molecule has 18 heavy (non-hydrogen) atoms. The van der Waals surface area contributed by atoms with Gasteiger partial charge in [0.15, 0.2) is 0 Å². The van der Waals surface area contributed by atoms with Crippen molar-refractivity contribution in [1.29, 1.82) is 0 Å². The first-order valence-corrected chi connectivity index (χ1v) is 6.01. The summed E-state index contributed by atoms with van der Waals surface area (Å²) in [5, 5.41) is 0.823. The predicted molar refractivity (Wildman–Crippen MR) is 71.6 cm³/mol. The van der Waals surface area contributed by atoms with Crippen LogP contribution in [-0.4, -0.2) is 36.7 Å². The fourth-order valence-electron chi connectivity index (χ4n) is 2.00. The summed E-state index contributed by atoms with van der Waals surface area (Å²) in [7, 11) is 5.71. The van der Waals surface area contributed by atoms with Gasteiger partial charge in [0.1, 0.15) is 11.6 Å². The predicted octanol–water partition coefficient (Wildman–Crippen LogP) is 2.74. The molecule has 2 rings (SSSR count). The number of hydrogen-bond donors (Lipinski definition) is 0. The summed E-state index contributed by atoms with van der Waals surface area (Å²) < 4.78 is 20.7. The van der Waals surface area contributed by atoms with Gasteiger partial charge < -0.3 is 14.2 Å². The second-order valence-electron chi connectivity index (χ2n) is 4.82. The minimum atomic E-state index is -0.237. The highest BCUT2D eigenvalue weighted by Crippen LogP contribution is 2.28. The zero-order valence-electron chi connectivity index (χ0n) is 11.3. The van der Waals surface area contributed by atoms with E-state index in [2.05, 4.69) is 16.4 Å². The van der Waals surface area contributed by atoms with Crippen LogP contribution < -0.4 is 4.74 Å². The van der Waals surface area contributed by atoms with Gasteiger partial charge in [-0.2, -0.15) is 0 Å². The van der Waals surface area contributed by atoms with Crippen LogP contribution >= 0.6 is 0 Å². The number of methoxy groups -OCH3 is 1. The van der Waals surface area contributed by atoms with Crippen molar-refractivity contribution < 1.29 is 9.13 Å². The maximum Gasteiger partial charge on any atom is 0.144 e. The summed E-state index contributed by atoms with van der Waals surface area (Å²) in [6.07, 6.45) is 1.93. The molecule has 0 bridgehead atoms. The molecule has 1 atom stereocenters. The summed E-state index contributed by atoms with van der Waals surface area (Å²) in [4.78, 5) is 2.15. The fourth-order valence-corrected chi connectivity index (χ4v) is 2.00. The van der Waals surface area contributed by atoms with E-state index in [1.807, 2.05) is 20.3 Å². The summed E-state index contributed by atoms with van der Waals surface area (Å²) in [5.41, 5.74) is 1.00. The molecule has 0 saturated heterocycles. The standard InChI is InChI=1S/C14H19FN2O/c1-10(16(2)3)8-17-9-14(18-4)12-7-11(15)5-6-13(12)17/h5-7,9-10H,8H2,1-4H3. The van der Waals surface area contributed by atoms with Gasteiger partial charge >= 0.3 is 0 Å². The molecule has 1 heterocycles. The Hall–Kier alpha value is -1.55. The molecule has 0 aliphatic heterocycles. The third-order valence-electron chi connectivity index (χ3n) is 3.37. The number of ether oxygens (including phenoxy) is 1. The van der Waals surface area contributed by atoms with Crippen molar-refractivity contribution in [3.05, 3.63) is 30.2 Å². The quantitative estimate of drug-likeness (QED) is 0.830. The van der Waals surface area contributed by atoms with E-state index < -0.39 is 0 Å². The molecule has 0 aliphatic rings. The summed E-state index contributed by atoms with van der Waals surface area (Å²) >= 11 is 0. The minimum Gasteiger partial charge on any atom is -0.495 e. The number of likely N-dealkylation sites (N-methyl/N-ethyl adjacent to an activating group) is 1. The van der Waals surface area contributed by atoms with Gasteiger partial charge in [-0.05, 0) is 39.2 Å². The normalized spacial score (nSPS) is 13.2. The number of hydrogen-bond acceptors (Lipinski definition) is 2. The molecule has 0 aliphatic carbocycles. The SMILES string of the molecule is COc1cn(CC(C)N(C)C)c2ccc(F)cc12. The first-order valence-electron chi connectivity index (χ1n) is 6.01. The Morgan fingerprint density at radius 3 is 2.72 bits per heavy atom. The Balaban J connectivity index is 2.45. The van der Waals surface area contributed by atoms with E-state index in [0.29, 0.717) is 6.04 Å². The third-order valence-corrected chi connectivity index (χ3v) is 3.37. The molecule has 0 spiro atoms. The lowest BCUT2D eigenvalue weighted by Crippen LogP contribution is -2.28. The molecule has 0 N–H and O–H groups in total. The maximum absolute atomic E-state index is 13.3. The highest BCUT2D eigenvalue weighted by molar-refractivity contribution is 5.86. The van der Waals surface area contributed by atoms with Crippen molar-refractivity contribution >= 4 is 10.9 Å². The van der Waals surface area contributed by atoms with Crippen molar-refractivity contribution in [2.24, 2.45) is 0 Å².